The second kappa shape index (κ2) is 9.94. The van der Waals surface area contributed by atoms with E-state index in [2.05, 4.69) is 43.6 Å². The first kappa shape index (κ1) is 21.3. The topological polar surface area (TPSA) is 57.5 Å². The predicted octanol–water partition coefficient (Wildman–Crippen LogP) is 2.51. The molecule has 4 rings (SSSR count). The number of nitrogens with zero attached hydrogens (tertiary/aromatic N) is 6. The summed E-state index contributed by atoms with van der Waals surface area (Å²) < 4.78 is 2.13. The van der Waals surface area contributed by atoms with Gasteiger partial charge in [-0.15, -0.1) is 10.2 Å². The summed E-state index contributed by atoms with van der Waals surface area (Å²) in [6.07, 6.45) is 2.50. The van der Waals surface area contributed by atoms with Crippen molar-refractivity contribution in [2.45, 2.75) is 43.6 Å². The van der Waals surface area contributed by atoms with Gasteiger partial charge in [0.15, 0.2) is 11.0 Å². The molecule has 1 atom stereocenters. The molecule has 0 bridgehead atoms. The van der Waals surface area contributed by atoms with Gasteiger partial charge in [0, 0.05) is 31.9 Å². The molecule has 1 amide bonds. The SMILES string of the molecule is CCN1CCN(C(=O)C(C)Sc2nnc(CN3CCCC3)n2-c2ccccc2)CC1. The fraction of sp³-hybridized carbons (Fsp3) is 0.591. The summed E-state index contributed by atoms with van der Waals surface area (Å²) in [6, 6.07) is 10.2. The molecular formula is C22H32N6OS. The predicted molar refractivity (Wildman–Crippen MR) is 120 cm³/mol. The molecule has 8 heteroatoms. The highest BCUT2D eigenvalue weighted by molar-refractivity contribution is 8.00. The number of amides is 1. The molecule has 0 radical (unpaired) electrons. The number of para-hydroxylation sites is 1. The van der Waals surface area contributed by atoms with E-state index < -0.39 is 0 Å². The summed E-state index contributed by atoms with van der Waals surface area (Å²) in [5.74, 6) is 1.14. The van der Waals surface area contributed by atoms with Crippen LogP contribution in [0, 0.1) is 0 Å². The van der Waals surface area contributed by atoms with Crippen LogP contribution in [0.25, 0.3) is 5.69 Å². The number of rotatable bonds is 7. The van der Waals surface area contributed by atoms with Gasteiger partial charge in [0.25, 0.3) is 0 Å². The molecule has 2 saturated heterocycles. The zero-order chi connectivity index (χ0) is 20.9. The van der Waals surface area contributed by atoms with Crippen LogP contribution in [0.3, 0.4) is 0 Å². The highest BCUT2D eigenvalue weighted by Gasteiger charge is 2.27. The number of hydrogen-bond acceptors (Lipinski definition) is 6. The zero-order valence-electron chi connectivity index (χ0n) is 18.0. The number of thioether (sulfide) groups is 1. The van der Waals surface area contributed by atoms with E-state index in [1.54, 1.807) is 0 Å². The highest BCUT2D eigenvalue weighted by atomic mass is 32.2. The van der Waals surface area contributed by atoms with E-state index in [9.17, 15) is 4.79 Å². The van der Waals surface area contributed by atoms with E-state index in [-0.39, 0.29) is 11.2 Å². The molecule has 2 aliphatic rings. The maximum absolute atomic E-state index is 13.1. The van der Waals surface area contributed by atoms with Gasteiger partial charge in [0.1, 0.15) is 0 Å². The lowest BCUT2D eigenvalue weighted by molar-refractivity contribution is -0.132. The molecule has 162 valence electrons. The summed E-state index contributed by atoms with van der Waals surface area (Å²) in [7, 11) is 0. The molecule has 7 nitrogen and oxygen atoms in total. The summed E-state index contributed by atoms with van der Waals surface area (Å²) in [5, 5.41) is 9.62. The largest absolute Gasteiger partial charge is 0.339 e. The van der Waals surface area contributed by atoms with E-state index in [1.807, 2.05) is 30.0 Å². The molecule has 30 heavy (non-hydrogen) atoms. The minimum absolute atomic E-state index is 0.190. The maximum atomic E-state index is 13.1. The molecular weight excluding hydrogens is 396 g/mol. The van der Waals surface area contributed by atoms with Crippen LogP contribution in [0.15, 0.2) is 35.5 Å². The first-order chi connectivity index (χ1) is 14.7. The van der Waals surface area contributed by atoms with Crippen LogP contribution in [-0.2, 0) is 11.3 Å². The number of benzene rings is 1. The first-order valence-corrected chi connectivity index (χ1v) is 11.9. The number of likely N-dealkylation sites (tertiary alicyclic amines) is 1. The third-order valence-corrected chi connectivity index (χ3v) is 7.07. The average molecular weight is 429 g/mol. The molecule has 2 fully saturated rings. The van der Waals surface area contributed by atoms with Gasteiger partial charge in [-0.05, 0) is 51.5 Å². The quantitative estimate of drug-likeness (QED) is 0.632. The van der Waals surface area contributed by atoms with Gasteiger partial charge < -0.3 is 9.80 Å². The number of likely N-dealkylation sites (N-methyl/N-ethyl adjacent to an activating group) is 1. The van der Waals surface area contributed by atoms with Crippen molar-refractivity contribution in [1.82, 2.24) is 29.5 Å². The normalized spacial score (nSPS) is 19.3. The van der Waals surface area contributed by atoms with Crippen LogP contribution < -0.4 is 0 Å². The van der Waals surface area contributed by atoms with Crippen molar-refractivity contribution in [3.63, 3.8) is 0 Å². The average Bonchev–Trinajstić information content (AvgIpc) is 3.44. The standard InChI is InChI=1S/C22H32N6OS/c1-3-25-13-15-27(16-14-25)21(29)18(2)30-22-24-23-20(17-26-11-7-8-12-26)28(22)19-9-5-4-6-10-19/h4-6,9-10,18H,3,7-8,11-17H2,1-2H3. The Morgan fingerprint density at radius 2 is 1.70 bits per heavy atom. The molecule has 0 N–H and O–H groups in total. The van der Waals surface area contributed by atoms with E-state index in [0.29, 0.717) is 0 Å². The third kappa shape index (κ3) is 4.87. The fourth-order valence-electron chi connectivity index (χ4n) is 4.21. The van der Waals surface area contributed by atoms with Crippen molar-refractivity contribution in [1.29, 1.82) is 0 Å². The van der Waals surface area contributed by atoms with Crippen LogP contribution in [0.5, 0.6) is 0 Å². The second-order valence-corrected chi connectivity index (χ2v) is 9.38. The number of piperazine rings is 1. The molecule has 0 aliphatic carbocycles. The minimum Gasteiger partial charge on any atom is -0.339 e. The first-order valence-electron chi connectivity index (χ1n) is 11.1. The van der Waals surface area contributed by atoms with Gasteiger partial charge >= 0.3 is 0 Å². The highest BCUT2D eigenvalue weighted by Crippen LogP contribution is 2.28. The Bertz CT molecular complexity index is 827. The van der Waals surface area contributed by atoms with Gasteiger partial charge in [0.05, 0.1) is 11.8 Å². The molecule has 2 aliphatic heterocycles. The molecule has 2 aromatic rings. The Morgan fingerprint density at radius 3 is 2.37 bits per heavy atom. The summed E-state index contributed by atoms with van der Waals surface area (Å²) in [5.41, 5.74) is 1.05. The van der Waals surface area contributed by atoms with Crippen LogP contribution in [0.2, 0.25) is 0 Å². The van der Waals surface area contributed by atoms with E-state index in [0.717, 1.165) is 69.0 Å². The molecule has 3 heterocycles. The van der Waals surface area contributed by atoms with Gasteiger partial charge in [-0.25, -0.2) is 0 Å². The summed E-state index contributed by atoms with van der Waals surface area (Å²) in [4.78, 5) is 19.9. The van der Waals surface area contributed by atoms with E-state index >= 15 is 0 Å². The van der Waals surface area contributed by atoms with Gasteiger partial charge in [-0.2, -0.15) is 0 Å². The van der Waals surface area contributed by atoms with Crippen LogP contribution >= 0.6 is 11.8 Å². The maximum Gasteiger partial charge on any atom is 0.235 e. The smallest absolute Gasteiger partial charge is 0.235 e. The Labute approximate surface area is 183 Å². The van der Waals surface area contributed by atoms with E-state index in [4.69, 9.17) is 0 Å². The number of carbonyl (C=O) groups is 1. The lowest BCUT2D eigenvalue weighted by atomic mass is 10.3. The number of hydrogen-bond donors (Lipinski definition) is 0. The minimum atomic E-state index is -0.190. The van der Waals surface area contributed by atoms with Crippen molar-refractivity contribution in [2.24, 2.45) is 0 Å². The molecule has 1 aromatic heterocycles. The van der Waals surface area contributed by atoms with Gasteiger partial charge in [0.2, 0.25) is 5.91 Å². The van der Waals surface area contributed by atoms with E-state index in [1.165, 1.54) is 24.6 Å². The number of aromatic nitrogens is 3. The number of carbonyl (C=O) groups excluding carboxylic acids is 1. The fourth-order valence-corrected chi connectivity index (χ4v) is 5.18. The summed E-state index contributed by atoms with van der Waals surface area (Å²) in [6.45, 7) is 11.8. The molecule has 1 aromatic carbocycles. The van der Waals surface area contributed by atoms with Crippen molar-refractivity contribution >= 4 is 17.7 Å². The molecule has 0 saturated carbocycles. The van der Waals surface area contributed by atoms with Crippen molar-refractivity contribution in [2.75, 3.05) is 45.8 Å². The zero-order valence-corrected chi connectivity index (χ0v) is 18.9. The Morgan fingerprint density at radius 1 is 1.00 bits per heavy atom. The van der Waals surface area contributed by atoms with Crippen molar-refractivity contribution < 1.29 is 4.79 Å². The van der Waals surface area contributed by atoms with Crippen molar-refractivity contribution in [3.05, 3.63) is 36.2 Å². The monoisotopic (exact) mass is 428 g/mol. The lowest BCUT2D eigenvalue weighted by Gasteiger charge is -2.35. The molecule has 0 spiro atoms. The third-order valence-electron chi connectivity index (χ3n) is 6.04. The van der Waals surface area contributed by atoms with Gasteiger partial charge in [-0.1, -0.05) is 36.9 Å². The second-order valence-electron chi connectivity index (χ2n) is 8.07. The van der Waals surface area contributed by atoms with Gasteiger partial charge in [-0.3, -0.25) is 14.3 Å². The molecule has 1 unspecified atom stereocenters. The Balaban J connectivity index is 1.50. The van der Waals surface area contributed by atoms with Crippen LogP contribution in [0.4, 0.5) is 0 Å². The Kier molecular flexibility index (Phi) is 7.07. The van der Waals surface area contributed by atoms with Crippen molar-refractivity contribution in [3.8, 4) is 5.69 Å². The Hall–Kier alpha value is -1.90. The lowest BCUT2D eigenvalue weighted by Crippen LogP contribution is -2.50. The summed E-state index contributed by atoms with van der Waals surface area (Å²) >= 11 is 1.52. The van der Waals surface area contributed by atoms with Crippen LogP contribution in [-0.4, -0.2) is 86.4 Å². The van der Waals surface area contributed by atoms with Crippen LogP contribution in [0.1, 0.15) is 32.5 Å².